The number of pyridine rings is 2. The lowest BCUT2D eigenvalue weighted by molar-refractivity contribution is -0.172. The molecule has 2 aromatic carbocycles. The van der Waals surface area contributed by atoms with E-state index in [-0.39, 0.29) is 113 Å². The number of hydrogen-bond acceptors (Lipinski definition) is 16. The quantitative estimate of drug-likeness (QED) is 0.0242. The van der Waals surface area contributed by atoms with E-state index in [0.717, 1.165) is 16.0 Å². The minimum absolute atomic E-state index is 0.00447. The molecule has 0 bridgehead atoms. The number of hydrogen-bond donors (Lipinski definition) is 5. The minimum Gasteiger partial charge on any atom is -0.460 e. The normalized spacial score (nSPS) is 17.2. The van der Waals surface area contributed by atoms with Gasteiger partial charge in [-0.3, -0.25) is 57.6 Å². The molecule has 0 saturated carbocycles. The van der Waals surface area contributed by atoms with Gasteiger partial charge in [-0.2, -0.15) is 0 Å². The Hall–Kier alpha value is -8.60. The fourth-order valence-corrected chi connectivity index (χ4v) is 11.6. The smallest absolute Gasteiger partial charge is 0.343 e. The molecule has 87 heavy (non-hydrogen) atoms. The highest BCUT2D eigenvalue weighted by Crippen LogP contribution is 2.46. The van der Waals surface area contributed by atoms with Crippen molar-refractivity contribution < 1.29 is 71.7 Å². The molecule has 2 aromatic heterocycles. The fraction of sp³-hybridized carbons (Fsp3) is 0.484. The van der Waals surface area contributed by atoms with Crippen LogP contribution in [-0.4, -0.2) is 116 Å². The first-order valence-electron chi connectivity index (χ1n) is 29.7. The van der Waals surface area contributed by atoms with Gasteiger partial charge in [0.15, 0.2) is 17.2 Å². The third-order valence-electron chi connectivity index (χ3n) is 16.2. The number of halogens is 1. The summed E-state index contributed by atoms with van der Waals surface area (Å²) in [4.78, 5) is 162. The number of esters is 2. The van der Waals surface area contributed by atoms with Crippen molar-refractivity contribution in [3.8, 4) is 11.4 Å². The summed E-state index contributed by atoms with van der Waals surface area (Å²) in [6.07, 6.45) is 3.12. The van der Waals surface area contributed by atoms with Crippen molar-refractivity contribution in [2.75, 3.05) is 19.6 Å². The number of Topliss-reactive ketones (excluding diaryl/α,β-unsaturated/α-hetero) is 3. The van der Waals surface area contributed by atoms with Crippen LogP contribution in [0.3, 0.4) is 0 Å². The minimum atomic E-state index is -2.05. The number of aromatic nitrogens is 2. The Kier molecular flexibility index (Phi) is 20.6. The number of unbranched alkanes of at least 4 members (excludes halogenated alkanes) is 2. The molecular weight excluding hydrogens is 1130 g/mol. The third kappa shape index (κ3) is 15.5. The van der Waals surface area contributed by atoms with Gasteiger partial charge in [-0.15, -0.1) is 0 Å². The number of benzene rings is 2. The van der Waals surface area contributed by atoms with Gasteiger partial charge in [0, 0.05) is 92.8 Å². The van der Waals surface area contributed by atoms with Gasteiger partial charge >= 0.3 is 11.9 Å². The number of amides is 6. The number of nitrogens with zero attached hydrogens (tertiary/aromatic N) is 3. The molecule has 6 amide bonds. The van der Waals surface area contributed by atoms with Crippen LogP contribution in [0.25, 0.3) is 22.3 Å². The average molecular weight is 1200 g/mol. The predicted octanol–water partition coefficient (Wildman–Crippen LogP) is 4.86. The molecule has 4 atom stereocenters. The number of carbonyl (C=O) groups excluding carboxylic acids is 11. The monoisotopic (exact) mass is 1200 g/mol. The van der Waals surface area contributed by atoms with Crippen LogP contribution in [0, 0.1) is 18.7 Å². The zero-order chi connectivity index (χ0) is 62.9. The summed E-state index contributed by atoms with van der Waals surface area (Å²) in [5.74, 6) is -7.43. The lowest BCUT2D eigenvalue weighted by Crippen LogP contribution is -2.44. The van der Waals surface area contributed by atoms with Crippen LogP contribution in [0.15, 0.2) is 59.4 Å². The number of ether oxygens (including phenoxy) is 2. The van der Waals surface area contributed by atoms with Crippen LogP contribution in [-0.2, 0) is 93.8 Å². The number of aryl methyl sites for hydroxylation is 1. The SMILES string of the molecule is CC[C@@]1(O)C(=O)OCc2c1cc1n(c2=O)Cc2c-1nc1cc(F)c(C)c3c1c2[C@@H](NC(=O)CCCNC(=O)CCC(=O)[C@H](Cc1ccccc1)NC(=O)CCC(=O)CNC(=O)[C@@H](CC(=O)CCCCCN1C(=O)C=CC1=O)CC(=O)OC(C)(C)C)CC3. The summed E-state index contributed by atoms with van der Waals surface area (Å²) in [5.41, 5.74) is 1.23. The maximum Gasteiger partial charge on any atom is 0.343 e. The maximum absolute atomic E-state index is 15.4. The second-order valence-corrected chi connectivity index (χ2v) is 23.7. The summed E-state index contributed by atoms with van der Waals surface area (Å²) >= 11 is 0. The molecule has 0 unspecified atom stereocenters. The second kappa shape index (κ2) is 27.8. The number of nitrogens with one attached hydrogen (secondary N) is 4. The molecule has 4 aliphatic rings. The molecule has 5 N–H and O–H groups in total. The fourth-order valence-electron chi connectivity index (χ4n) is 11.6. The summed E-state index contributed by atoms with van der Waals surface area (Å²) in [7, 11) is 0. The maximum atomic E-state index is 15.4. The zero-order valence-corrected chi connectivity index (χ0v) is 49.7. The summed E-state index contributed by atoms with van der Waals surface area (Å²) < 4.78 is 27.6. The first kappa shape index (κ1) is 64.4. The first-order valence-corrected chi connectivity index (χ1v) is 29.7. The standard InChI is InChI=1S/C64H74FN7O15/c1-6-64(85)44-31-49-59-42(34-72(49)61(83)43(44)35-86-62(64)84)58-46(20-19-41-36(2)45(65)32-48(70-59)57(41)58)68-52(77)17-13-26-66-51(76)23-21-50(75)47(28-37-14-9-7-10-15-37)69-53(78)22-18-40(74)33-67-60(82)38(30-56(81)87-63(3,4)5)29-39(73)16-11-8-12-27-71-54(79)24-25-55(71)80/h7,9-10,14-15,24-25,31-32,38,46-47,85H,6,8,11-13,16-23,26-30,33-35H2,1-5H3,(H,66,76)(H,67,82)(H,68,77)(H,69,78)/t38-,46-,47-,64-/m0/s1. The van der Waals surface area contributed by atoms with Crippen LogP contribution in [0.4, 0.5) is 4.39 Å². The lowest BCUT2D eigenvalue weighted by Gasteiger charge is -2.31. The summed E-state index contributed by atoms with van der Waals surface area (Å²) in [6.45, 7) is 7.81. The summed E-state index contributed by atoms with van der Waals surface area (Å²) in [6, 6.07) is 10.2. The first-order chi connectivity index (χ1) is 41.3. The Labute approximate surface area is 501 Å². The average Bonchev–Trinajstić information content (AvgIpc) is 1.91. The topological polar surface area (TPSA) is 313 Å². The number of fused-ring (bicyclic) bond motifs is 5. The highest BCUT2D eigenvalue weighted by Gasteiger charge is 2.46. The van der Waals surface area contributed by atoms with Gasteiger partial charge in [-0.25, -0.2) is 14.2 Å². The number of carbonyl (C=O) groups is 11. The van der Waals surface area contributed by atoms with Gasteiger partial charge < -0.3 is 40.4 Å². The van der Waals surface area contributed by atoms with E-state index in [9.17, 15) is 62.6 Å². The Morgan fingerprint density at radius 3 is 2.26 bits per heavy atom. The molecule has 22 nitrogen and oxygen atoms in total. The van der Waals surface area contributed by atoms with E-state index in [1.807, 2.05) is 0 Å². The van der Waals surface area contributed by atoms with E-state index < -0.39 is 107 Å². The van der Waals surface area contributed by atoms with Gasteiger partial charge in [-0.1, -0.05) is 43.7 Å². The molecule has 0 fully saturated rings. The van der Waals surface area contributed by atoms with Crippen LogP contribution < -0.4 is 26.8 Å². The molecule has 5 heterocycles. The number of aliphatic hydroxyl groups is 1. The lowest BCUT2D eigenvalue weighted by atomic mass is 9.81. The van der Waals surface area contributed by atoms with Gasteiger partial charge in [0.1, 0.15) is 23.8 Å². The van der Waals surface area contributed by atoms with Crippen LogP contribution >= 0.6 is 0 Å². The van der Waals surface area contributed by atoms with E-state index in [2.05, 4.69) is 21.3 Å². The second-order valence-electron chi connectivity index (χ2n) is 23.7. The Bertz CT molecular complexity index is 3520. The van der Waals surface area contributed by atoms with Crippen molar-refractivity contribution in [3.63, 3.8) is 0 Å². The van der Waals surface area contributed by atoms with Gasteiger partial charge in [0.2, 0.25) is 23.6 Å². The van der Waals surface area contributed by atoms with E-state index in [1.165, 1.54) is 22.8 Å². The summed E-state index contributed by atoms with van der Waals surface area (Å²) in [5, 5.41) is 23.1. The van der Waals surface area contributed by atoms with Gasteiger partial charge in [-0.05, 0) is 101 Å². The number of ketones is 3. The van der Waals surface area contributed by atoms with Crippen LogP contribution in [0.5, 0.6) is 0 Å². The molecule has 0 saturated heterocycles. The zero-order valence-electron chi connectivity index (χ0n) is 49.7. The van der Waals surface area contributed by atoms with Crippen molar-refractivity contribution in [2.24, 2.45) is 5.92 Å². The molecule has 0 radical (unpaired) electrons. The van der Waals surface area contributed by atoms with Crippen molar-refractivity contribution >= 4 is 75.6 Å². The van der Waals surface area contributed by atoms with Gasteiger partial charge in [0.05, 0.1) is 60.0 Å². The van der Waals surface area contributed by atoms with Gasteiger partial charge in [0.25, 0.3) is 17.4 Å². The van der Waals surface area contributed by atoms with Crippen molar-refractivity contribution in [3.05, 3.63) is 110 Å². The molecule has 4 aromatic rings. The molecule has 23 heteroatoms. The Morgan fingerprint density at radius 1 is 0.828 bits per heavy atom. The van der Waals surface area contributed by atoms with E-state index in [4.69, 9.17) is 14.5 Å². The molecular formula is C64H74FN7O15. The predicted molar refractivity (Wildman–Crippen MR) is 312 cm³/mol. The highest BCUT2D eigenvalue weighted by atomic mass is 19.1. The number of cyclic esters (lactones) is 1. The molecule has 8 rings (SSSR count). The highest BCUT2D eigenvalue weighted by molar-refractivity contribution is 6.12. The molecule has 3 aliphatic heterocycles. The van der Waals surface area contributed by atoms with E-state index in [0.29, 0.717) is 71.1 Å². The van der Waals surface area contributed by atoms with Crippen molar-refractivity contribution in [1.82, 2.24) is 35.7 Å². The number of rotatable bonds is 29. The Morgan fingerprint density at radius 2 is 1.55 bits per heavy atom. The van der Waals surface area contributed by atoms with Crippen LogP contribution in [0.2, 0.25) is 0 Å². The van der Waals surface area contributed by atoms with Crippen LogP contribution in [0.1, 0.15) is 163 Å². The third-order valence-corrected chi connectivity index (χ3v) is 16.2. The number of imide groups is 1. The largest absolute Gasteiger partial charge is 0.460 e. The molecule has 1 aliphatic carbocycles. The molecule has 0 spiro atoms. The van der Waals surface area contributed by atoms with E-state index >= 15 is 4.39 Å². The molecule has 462 valence electrons. The van der Waals surface area contributed by atoms with Crippen molar-refractivity contribution in [2.45, 2.75) is 174 Å². The van der Waals surface area contributed by atoms with E-state index in [1.54, 1.807) is 71.0 Å². The Balaban J connectivity index is 0.804. The van der Waals surface area contributed by atoms with Crippen molar-refractivity contribution in [1.29, 1.82) is 0 Å².